The van der Waals surface area contributed by atoms with Crippen molar-refractivity contribution >= 4 is 5.97 Å². The number of ether oxygens (including phenoxy) is 1. The average molecular weight is 336 g/mol. The number of carboxylic acids is 1. The normalized spacial score (nSPS) is 25.9. The molecular formula is C18H25FN2O3. The maximum Gasteiger partial charge on any atom is 0.304 e. The van der Waals surface area contributed by atoms with Crippen molar-refractivity contribution < 1.29 is 19.0 Å². The van der Waals surface area contributed by atoms with E-state index in [1.54, 1.807) is 0 Å². The third-order valence-corrected chi connectivity index (χ3v) is 4.77. The number of hydrogen-bond acceptors (Lipinski definition) is 4. The highest BCUT2D eigenvalue weighted by Crippen LogP contribution is 2.25. The summed E-state index contributed by atoms with van der Waals surface area (Å²) < 4.78 is 19.1. The molecule has 0 spiro atoms. The summed E-state index contributed by atoms with van der Waals surface area (Å²) >= 11 is 0. The van der Waals surface area contributed by atoms with Crippen LogP contribution in [0.2, 0.25) is 0 Å². The van der Waals surface area contributed by atoms with Gasteiger partial charge in [-0.15, -0.1) is 0 Å². The minimum atomic E-state index is -0.925. The molecule has 2 saturated heterocycles. The highest BCUT2D eigenvalue weighted by Gasteiger charge is 2.33. The average Bonchev–Trinajstić information content (AvgIpc) is 2.87. The molecule has 0 aliphatic carbocycles. The van der Waals surface area contributed by atoms with Crippen molar-refractivity contribution in [3.63, 3.8) is 0 Å². The van der Waals surface area contributed by atoms with E-state index < -0.39 is 12.1 Å². The molecule has 0 bridgehead atoms. The number of hydrogen-bond donors (Lipinski definition) is 1. The van der Waals surface area contributed by atoms with Crippen LogP contribution in [-0.2, 0) is 22.6 Å². The zero-order chi connectivity index (χ0) is 16.9. The van der Waals surface area contributed by atoms with E-state index in [9.17, 15) is 9.18 Å². The van der Waals surface area contributed by atoms with Gasteiger partial charge in [0.25, 0.3) is 0 Å². The minimum absolute atomic E-state index is 0.00783. The highest BCUT2D eigenvalue weighted by molar-refractivity contribution is 5.67. The van der Waals surface area contributed by atoms with Gasteiger partial charge in [-0.3, -0.25) is 14.6 Å². The second-order valence-electron chi connectivity index (χ2n) is 6.72. The largest absolute Gasteiger partial charge is 0.481 e. The second kappa shape index (κ2) is 8.05. The van der Waals surface area contributed by atoms with Crippen LogP contribution in [0.3, 0.4) is 0 Å². The lowest BCUT2D eigenvalue weighted by molar-refractivity contribution is -0.138. The van der Waals surface area contributed by atoms with Crippen molar-refractivity contribution in [3.8, 4) is 0 Å². The first-order valence-corrected chi connectivity index (χ1v) is 8.58. The summed E-state index contributed by atoms with van der Waals surface area (Å²) in [7, 11) is 0. The van der Waals surface area contributed by atoms with Gasteiger partial charge in [-0.2, -0.15) is 0 Å². The van der Waals surface area contributed by atoms with E-state index in [-0.39, 0.29) is 12.5 Å². The molecule has 2 fully saturated rings. The summed E-state index contributed by atoms with van der Waals surface area (Å²) in [6.07, 6.45) is -0.598. The van der Waals surface area contributed by atoms with Gasteiger partial charge in [-0.05, 0) is 17.5 Å². The summed E-state index contributed by atoms with van der Waals surface area (Å²) in [6.45, 7) is 5.27. The molecule has 0 aromatic heterocycles. The zero-order valence-electron chi connectivity index (χ0n) is 13.9. The Balaban J connectivity index is 1.61. The zero-order valence-corrected chi connectivity index (χ0v) is 13.9. The molecule has 2 aliphatic rings. The van der Waals surface area contributed by atoms with Crippen LogP contribution < -0.4 is 0 Å². The Morgan fingerprint density at radius 1 is 1.25 bits per heavy atom. The lowest BCUT2D eigenvalue weighted by Gasteiger charge is -2.27. The number of rotatable bonds is 6. The molecule has 0 radical (unpaired) electrons. The molecule has 132 valence electrons. The monoisotopic (exact) mass is 336 g/mol. The summed E-state index contributed by atoms with van der Waals surface area (Å²) in [5.41, 5.74) is 2.35. The molecule has 1 N–H and O–H groups in total. The first-order valence-electron chi connectivity index (χ1n) is 8.58. The predicted molar refractivity (Wildman–Crippen MR) is 88.5 cm³/mol. The Hall–Kier alpha value is -1.50. The number of halogens is 1. The third-order valence-electron chi connectivity index (χ3n) is 4.77. The maximum atomic E-state index is 13.7. The van der Waals surface area contributed by atoms with Crippen molar-refractivity contribution in [3.05, 3.63) is 35.4 Å². The molecule has 2 heterocycles. The summed E-state index contributed by atoms with van der Waals surface area (Å²) in [5, 5.41) is 9.01. The Kier molecular flexibility index (Phi) is 5.81. The molecule has 6 heteroatoms. The molecule has 5 nitrogen and oxygen atoms in total. The van der Waals surface area contributed by atoms with E-state index in [4.69, 9.17) is 9.84 Å². The quantitative estimate of drug-likeness (QED) is 0.860. The third kappa shape index (κ3) is 4.75. The molecule has 2 aliphatic heterocycles. The number of benzene rings is 1. The molecule has 0 amide bonds. The fraction of sp³-hybridized carbons (Fsp3) is 0.611. The SMILES string of the molecule is O=C(O)C[C@@H]1C[C@H](F)CN1Cc1cccc(CN2CCOCC2)c1. The second-order valence-corrected chi connectivity index (χ2v) is 6.72. The van der Waals surface area contributed by atoms with E-state index in [0.717, 1.165) is 38.4 Å². The van der Waals surface area contributed by atoms with Crippen molar-refractivity contribution in [1.82, 2.24) is 9.80 Å². The van der Waals surface area contributed by atoms with Crippen molar-refractivity contribution in [1.29, 1.82) is 0 Å². The number of aliphatic carboxylic acids is 1. The van der Waals surface area contributed by atoms with Crippen LogP contribution in [0.5, 0.6) is 0 Å². The fourth-order valence-electron chi connectivity index (χ4n) is 3.61. The molecule has 1 aromatic rings. The van der Waals surface area contributed by atoms with Gasteiger partial charge in [0.2, 0.25) is 0 Å². The topological polar surface area (TPSA) is 53.0 Å². The highest BCUT2D eigenvalue weighted by atomic mass is 19.1. The number of alkyl halides is 1. The Morgan fingerprint density at radius 3 is 2.67 bits per heavy atom. The van der Waals surface area contributed by atoms with Crippen LogP contribution >= 0.6 is 0 Å². The Bertz CT molecular complexity index is 563. The van der Waals surface area contributed by atoms with Crippen molar-refractivity contribution in [2.24, 2.45) is 0 Å². The van der Waals surface area contributed by atoms with Gasteiger partial charge in [-0.25, -0.2) is 4.39 Å². The number of morpholine rings is 1. The molecule has 0 saturated carbocycles. The molecule has 24 heavy (non-hydrogen) atoms. The van der Waals surface area contributed by atoms with Gasteiger partial charge in [0.05, 0.1) is 19.6 Å². The number of carbonyl (C=O) groups is 1. The van der Waals surface area contributed by atoms with Gasteiger partial charge >= 0.3 is 5.97 Å². The van der Waals surface area contributed by atoms with Gasteiger partial charge < -0.3 is 9.84 Å². The number of likely N-dealkylation sites (tertiary alicyclic amines) is 1. The van der Waals surface area contributed by atoms with Crippen LogP contribution in [0.25, 0.3) is 0 Å². The first-order chi connectivity index (χ1) is 11.6. The number of nitrogens with zero attached hydrogens (tertiary/aromatic N) is 2. The summed E-state index contributed by atoms with van der Waals surface area (Å²) in [4.78, 5) is 15.3. The molecule has 3 rings (SSSR count). The van der Waals surface area contributed by atoms with Gasteiger partial charge in [0, 0.05) is 38.8 Å². The van der Waals surface area contributed by atoms with Crippen LogP contribution in [0.4, 0.5) is 4.39 Å². The van der Waals surface area contributed by atoms with Gasteiger partial charge in [0.1, 0.15) is 6.17 Å². The van der Waals surface area contributed by atoms with E-state index in [0.29, 0.717) is 19.5 Å². The Labute approximate surface area is 142 Å². The fourth-order valence-corrected chi connectivity index (χ4v) is 3.61. The van der Waals surface area contributed by atoms with Gasteiger partial charge in [-0.1, -0.05) is 24.3 Å². The van der Waals surface area contributed by atoms with Crippen LogP contribution in [-0.4, -0.2) is 65.9 Å². The van der Waals surface area contributed by atoms with Gasteiger partial charge in [0.15, 0.2) is 0 Å². The molecule has 2 atom stereocenters. The summed E-state index contributed by atoms with van der Waals surface area (Å²) in [5.74, 6) is -0.861. The van der Waals surface area contributed by atoms with Crippen LogP contribution in [0.1, 0.15) is 24.0 Å². The summed E-state index contributed by atoms with van der Waals surface area (Å²) in [6, 6.07) is 8.11. The van der Waals surface area contributed by atoms with Crippen LogP contribution in [0, 0.1) is 0 Å². The van der Waals surface area contributed by atoms with E-state index in [1.165, 1.54) is 5.56 Å². The lowest BCUT2D eigenvalue weighted by Crippen LogP contribution is -2.35. The molecule has 0 unspecified atom stereocenters. The van der Waals surface area contributed by atoms with E-state index in [2.05, 4.69) is 17.0 Å². The lowest BCUT2D eigenvalue weighted by atomic mass is 10.1. The Morgan fingerprint density at radius 2 is 1.96 bits per heavy atom. The molecular weight excluding hydrogens is 311 g/mol. The smallest absolute Gasteiger partial charge is 0.304 e. The first kappa shape index (κ1) is 17.3. The van der Waals surface area contributed by atoms with E-state index >= 15 is 0 Å². The minimum Gasteiger partial charge on any atom is -0.481 e. The standard InChI is InChI=1S/C18H25FN2O3/c19-16-9-17(10-18(22)23)21(13-16)12-15-3-1-2-14(8-15)11-20-4-6-24-7-5-20/h1-3,8,16-17H,4-7,9-13H2,(H,22,23)/t16-,17-/m0/s1. The van der Waals surface area contributed by atoms with Crippen molar-refractivity contribution in [2.75, 3.05) is 32.8 Å². The van der Waals surface area contributed by atoms with E-state index in [1.807, 2.05) is 17.0 Å². The molecule has 1 aromatic carbocycles. The van der Waals surface area contributed by atoms with Crippen molar-refractivity contribution in [2.45, 2.75) is 38.1 Å². The maximum absolute atomic E-state index is 13.7. The number of carboxylic acid groups (broad SMARTS) is 1. The van der Waals surface area contributed by atoms with Crippen LogP contribution in [0.15, 0.2) is 24.3 Å². The predicted octanol–water partition coefficient (Wildman–Crippen LogP) is 1.91.